The Morgan fingerprint density at radius 2 is 2.00 bits per heavy atom. The quantitative estimate of drug-likeness (QED) is 0.732. The summed E-state index contributed by atoms with van der Waals surface area (Å²) in [5.74, 6) is 0.168. The van der Waals surface area contributed by atoms with E-state index in [4.69, 9.17) is 14.3 Å². The van der Waals surface area contributed by atoms with Crippen molar-refractivity contribution in [2.24, 2.45) is 17.3 Å². The molecule has 0 spiro atoms. The molecule has 1 aliphatic carbocycles. The van der Waals surface area contributed by atoms with Crippen LogP contribution in [0.1, 0.15) is 46.5 Å². The predicted molar refractivity (Wildman–Crippen MR) is 87.1 cm³/mol. The second-order valence-corrected chi connectivity index (χ2v) is 10.0. The van der Waals surface area contributed by atoms with Crippen molar-refractivity contribution in [3.63, 3.8) is 0 Å². The molecule has 0 aliphatic heterocycles. The molecule has 1 N–H and O–H groups in total. The Morgan fingerprint density at radius 3 is 2.52 bits per heavy atom. The number of hydrogen-bond acceptors (Lipinski definition) is 3. The molecule has 1 fully saturated rings. The summed E-state index contributed by atoms with van der Waals surface area (Å²) in [6.07, 6.45) is 4.97. The van der Waals surface area contributed by atoms with E-state index in [0.717, 1.165) is 12.8 Å². The number of ether oxygens (including phenoxy) is 1. The molecule has 1 saturated carbocycles. The molecule has 0 aromatic heterocycles. The van der Waals surface area contributed by atoms with Gasteiger partial charge >= 0.3 is 5.97 Å². The van der Waals surface area contributed by atoms with Gasteiger partial charge in [-0.3, -0.25) is 0 Å². The Balaban J connectivity index is 2.57. The molecular weight excluding hydrogens is 284 g/mol. The zero-order valence-corrected chi connectivity index (χ0v) is 15.4. The molecule has 5 heteroatoms. The largest absolute Gasteiger partial charge is 0.480 e. The molecule has 0 radical (unpaired) electrons. The monoisotopic (exact) mass is 316 g/mol. The molecule has 21 heavy (non-hydrogen) atoms. The first-order valence-electron chi connectivity index (χ1n) is 8.15. The summed E-state index contributed by atoms with van der Waals surface area (Å²) in [5.41, 5.74) is 0.158. The third-order valence-corrected chi connectivity index (χ3v) is 4.94. The first-order chi connectivity index (χ1) is 9.70. The first-order valence-corrected chi connectivity index (χ1v) is 10.9. The fraction of sp³-hybridized carbons (Fsp3) is 0.938. The fourth-order valence-electron chi connectivity index (χ4n) is 3.39. The molecule has 4 nitrogen and oxygen atoms in total. The van der Waals surface area contributed by atoms with Gasteiger partial charge in [0.1, 0.15) is 6.61 Å². The molecule has 3 atom stereocenters. The molecule has 124 valence electrons. The average Bonchev–Trinajstić information content (AvgIpc) is 2.34. The highest BCUT2D eigenvalue weighted by molar-refractivity contribution is 6.48. The van der Waals surface area contributed by atoms with Crippen molar-refractivity contribution < 1.29 is 19.1 Å². The molecule has 3 unspecified atom stereocenters. The van der Waals surface area contributed by atoms with Crippen molar-refractivity contribution >= 4 is 15.0 Å². The van der Waals surface area contributed by atoms with Crippen LogP contribution in [0.15, 0.2) is 0 Å². The highest BCUT2D eigenvalue weighted by Crippen LogP contribution is 2.39. The van der Waals surface area contributed by atoms with Crippen molar-refractivity contribution in [1.29, 1.82) is 0 Å². The van der Waals surface area contributed by atoms with Crippen molar-refractivity contribution in [1.82, 2.24) is 0 Å². The Bertz CT molecular complexity index is 325. The molecule has 0 heterocycles. The van der Waals surface area contributed by atoms with E-state index in [1.807, 2.05) is 0 Å². The molecular formula is C16H32O4Si. The van der Waals surface area contributed by atoms with Gasteiger partial charge in [-0.15, -0.1) is 0 Å². The maximum Gasteiger partial charge on any atom is 0.329 e. The molecule has 0 aromatic carbocycles. The summed E-state index contributed by atoms with van der Waals surface area (Å²) in [6.45, 7) is 11.6. The molecule has 0 bridgehead atoms. The first kappa shape index (κ1) is 18.7. The van der Waals surface area contributed by atoms with E-state index < -0.39 is 15.0 Å². The van der Waals surface area contributed by atoms with Crippen molar-refractivity contribution in [3.05, 3.63) is 0 Å². The van der Waals surface area contributed by atoms with Gasteiger partial charge in [-0.1, -0.05) is 27.2 Å². The number of aliphatic carboxylic acids is 1. The summed E-state index contributed by atoms with van der Waals surface area (Å²) >= 11 is 0. The zero-order chi connectivity index (χ0) is 16.0. The number of carbonyl (C=O) groups is 1. The van der Waals surface area contributed by atoms with E-state index in [1.165, 1.54) is 12.8 Å². The van der Waals surface area contributed by atoms with Crippen LogP contribution >= 0.6 is 0 Å². The van der Waals surface area contributed by atoms with E-state index >= 15 is 0 Å². The molecule has 0 amide bonds. The van der Waals surface area contributed by atoms with Gasteiger partial charge in [0.05, 0.1) is 12.7 Å². The van der Waals surface area contributed by atoms with Crippen LogP contribution in [0.3, 0.4) is 0 Å². The lowest BCUT2D eigenvalue weighted by atomic mass is 9.72. The minimum absolute atomic E-state index is 0.158. The lowest BCUT2D eigenvalue weighted by Crippen LogP contribution is -2.41. The van der Waals surface area contributed by atoms with E-state index in [9.17, 15) is 4.79 Å². The Kier molecular flexibility index (Phi) is 7.37. The van der Waals surface area contributed by atoms with Crippen LogP contribution in [0.25, 0.3) is 0 Å². The van der Waals surface area contributed by atoms with Gasteiger partial charge in [0.2, 0.25) is 0 Å². The summed E-state index contributed by atoms with van der Waals surface area (Å²) < 4.78 is 11.6. The summed E-state index contributed by atoms with van der Waals surface area (Å²) in [7, 11) is -1.06. The van der Waals surface area contributed by atoms with Crippen LogP contribution in [-0.2, 0) is 14.0 Å². The van der Waals surface area contributed by atoms with Crippen LogP contribution < -0.4 is 0 Å². The van der Waals surface area contributed by atoms with E-state index in [0.29, 0.717) is 24.5 Å². The summed E-state index contributed by atoms with van der Waals surface area (Å²) in [5, 5.41) is 8.65. The van der Waals surface area contributed by atoms with Gasteiger partial charge in [-0.05, 0) is 49.6 Å². The van der Waals surface area contributed by atoms with Gasteiger partial charge in [-0.25, -0.2) is 4.79 Å². The van der Waals surface area contributed by atoms with Gasteiger partial charge in [0.25, 0.3) is 0 Å². The molecule has 0 aromatic rings. The topological polar surface area (TPSA) is 55.8 Å². The van der Waals surface area contributed by atoms with E-state index in [1.54, 1.807) is 0 Å². The lowest BCUT2D eigenvalue weighted by molar-refractivity contribution is -0.143. The van der Waals surface area contributed by atoms with Crippen molar-refractivity contribution in [3.8, 4) is 0 Å². The Morgan fingerprint density at radius 1 is 1.33 bits per heavy atom. The predicted octanol–water partition coefficient (Wildman–Crippen LogP) is 3.31. The second kappa shape index (κ2) is 8.29. The third kappa shape index (κ3) is 6.93. The minimum atomic E-state index is -1.06. The van der Waals surface area contributed by atoms with Crippen LogP contribution in [-0.4, -0.2) is 39.4 Å². The van der Waals surface area contributed by atoms with Crippen LogP contribution in [0.4, 0.5) is 0 Å². The Hall–Kier alpha value is -0.393. The zero-order valence-electron chi connectivity index (χ0n) is 14.2. The molecule has 1 rings (SSSR count). The van der Waals surface area contributed by atoms with Crippen molar-refractivity contribution in [2.75, 3.05) is 13.2 Å². The van der Waals surface area contributed by atoms with E-state index in [-0.39, 0.29) is 12.0 Å². The third-order valence-electron chi connectivity index (χ3n) is 4.10. The standard InChI is InChI=1S/C16H32O4Si/c1-16(2,3)15(20-21(4)5)13-8-6-7-12(9-13)10-19-11-14(17)18/h12-13,15,21H,6-11H2,1-5H3,(H,17,18). The smallest absolute Gasteiger partial charge is 0.329 e. The van der Waals surface area contributed by atoms with Crippen LogP contribution in [0.5, 0.6) is 0 Å². The average molecular weight is 317 g/mol. The summed E-state index contributed by atoms with van der Waals surface area (Å²) in [4.78, 5) is 10.5. The van der Waals surface area contributed by atoms with Gasteiger partial charge in [0, 0.05) is 0 Å². The summed E-state index contributed by atoms with van der Waals surface area (Å²) in [6, 6.07) is 0. The fourth-order valence-corrected chi connectivity index (χ4v) is 4.60. The normalized spacial score (nSPS) is 25.0. The number of carboxylic acid groups (broad SMARTS) is 1. The second-order valence-electron chi connectivity index (χ2n) is 7.67. The maximum absolute atomic E-state index is 10.5. The SMILES string of the molecule is C[SiH](C)OC(C1CCCC(COCC(=O)O)C1)C(C)(C)C. The lowest BCUT2D eigenvalue weighted by Gasteiger charge is -2.42. The Labute approximate surface area is 130 Å². The number of rotatable bonds is 7. The van der Waals surface area contributed by atoms with Crippen LogP contribution in [0.2, 0.25) is 13.1 Å². The van der Waals surface area contributed by atoms with Gasteiger partial charge < -0.3 is 14.3 Å². The highest BCUT2D eigenvalue weighted by atomic mass is 28.3. The maximum atomic E-state index is 10.5. The van der Waals surface area contributed by atoms with Gasteiger partial charge in [0.15, 0.2) is 9.04 Å². The van der Waals surface area contributed by atoms with Crippen LogP contribution in [0, 0.1) is 17.3 Å². The highest BCUT2D eigenvalue weighted by Gasteiger charge is 2.36. The van der Waals surface area contributed by atoms with Gasteiger partial charge in [-0.2, -0.15) is 0 Å². The molecule has 0 saturated heterocycles. The van der Waals surface area contributed by atoms with Crippen molar-refractivity contribution in [2.45, 2.75) is 65.7 Å². The van der Waals surface area contributed by atoms with E-state index in [2.05, 4.69) is 33.9 Å². The molecule has 1 aliphatic rings. The number of carboxylic acids is 1. The number of hydrogen-bond donors (Lipinski definition) is 1. The minimum Gasteiger partial charge on any atom is -0.480 e.